The van der Waals surface area contributed by atoms with Crippen LogP contribution in [0.2, 0.25) is 0 Å². The molecule has 0 radical (unpaired) electrons. The van der Waals surface area contributed by atoms with E-state index in [4.69, 9.17) is 4.74 Å². The number of amides is 1. The number of nitrogens with zero attached hydrogens (tertiary/aromatic N) is 1. The summed E-state index contributed by atoms with van der Waals surface area (Å²) in [5.74, 6) is 0.855. The van der Waals surface area contributed by atoms with E-state index in [0.29, 0.717) is 6.04 Å². The van der Waals surface area contributed by atoms with Gasteiger partial charge in [0.2, 0.25) is 0 Å². The van der Waals surface area contributed by atoms with Crippen molar-refractivity contribution in [2.75, 3.05) is 13.7 Å². The van der Waals surface area contributed by atoms with Crippen LogP contribution in [0.3, 0.4) is 0 Å². The fraction of sp³-hybridized carbons (Fsp3) is 0.588. The summed E-state index contributed by atoms with van der Waals surface area (Å²) in [5.41, 5.74) is 2.43. The first-order valence-corrected chi connectivity index (χ1v) is 7.53. The molecular weight excluding hydrogens is 250 g/mol. The minimum atomic E-state index is 0.0788. The predicted molar refractivity (Wildman–Crippen MR) is 81.1 cm³/mol. The van der Waals surface area contributed by atoms with Crippen molar-refractivity contribution in [3.63, 3.8) is 0 Å². The first-order valence-electron chi connectivity index (χ1n) is 7.53. The Labute approximate surface area is 121 Å². The maximum Gasteiger partial charge on any atom is 0.260 e. The van der Waals surface area contributed by atoms with Crippen molar-refractivity contribution in [2.45, 2.75) is 52.0 Å². The minimum absolute atomic E-state index is 0.0788. The van der Waals surface area contributed by atoms with Crippen molar-refractivity contribution < 1.29 is 9.53 Å². The standard InChI is InChI=1S/C17H25NO2/c1-13-9-10-16(11-14(13)2)20-12-17(19)18(3)15-7-5-4-6-8-15/h9-11,15H,4-8,12H2,1-3H3. The summed E-state index contributed by atoms with van der Waals surface area (Å²) in [6, 6.07) is 6.35. The summed E-state index contributed by atoms with van der Waals surface area (Å²) in [5, 5.41) is 0. The average Bonchev–Trinajstić information content (AvgIpc) is 2.48. The van der Waals surface area contributed by atoms with Gasteiger partial charge in [0.15, 0.2) is 6.61 Å². The van der Waals surface area contributed by atoms with E-state index >= 15 is 0 Å². The number of carbonyl (C=O) groups excluding carboxylic acids is 1. The van der Waals surface area contributed by atoms with Crippen LogP contribution < -0.4 is 4.74 Å². The van der Waals surface area contributed by atoms with E-state index < -0.39 is 0 Å². The van der Waals surface area contributed by atoms with Gasteiger partial charge in [0, 0.05) is 13.1 Å². The second-order valence-electron chi connectivity index (χ2n) is 5.83. The lowest BCUT2D eigenvalue weighted by molar-refractivity contribution is -0.134. The minimum Gasteiger partial charge on any atom is -0.484 e. The molecule has 2 rings (SSSR count). The molecule has 3 nitrogen and oxygen atoms in total. The lowest BCUT2D eigenvalue weighted by atomic mass is 9.94. The van der Waals surface area contributed by atoms with E-state index in [9.17, 15) is 4.79 Å². The summed E-state index contributed by atoms with van der Waals surface area (Å²) in [6.45, 7) is 4.26. The molecule has 0 bridgehead atoms. The molecule has 1 aliphatic rings. The van der Waals surface area contributed by atoms with Gasteiger partial charge in [-0.1, -0.05) is 25.3 Å². The summed E-state index contributed by atoms with van der Waals surface area (Å²) < 4.78 is 5.62. The number of aryl methyl sites for hydroxylation is 2. The third kappa shape index (κ3) is 3.75. The second kappa shape index (κ2) is 6.78. The molecule has 1 aliphatic carbocycles. The van der Waals surface area contributed by atoms with Crippen LogP contribution in [0.25, 0.3) is 0 Å². The second-order valence-corrected chi connectivity index (χ2v) is 5.83. The van der Waals surface area contributed by atoms with Crippen molar-refractivity contribution >= 4 is 5.91 Å². The maximum absolute atomic E-state index is 12.2. The van der Waals surface area contributed by atoms with E-state index in [0.717, 1.165) is 18.6 Å². The highest BCUT2D eigenvalue weighted by Crippen LogP contribution is 2.22. The highest BCUT2D eigenvalue weighted by molar-refractivity contribution is 5.77. The predicted octanol–water partition coefficient (Wildman–Crippen LogP) is 3.47. The molecule has 0 aromatic heterocycles. The smallest absolute Gasteiger partial charge is 0.260 e. The Kier molecular flexibility index (Phi) is 5.05. The van der Waals surface area contributed by atoms with Crippen molar-refractivity contribution in [3.8, 4) is 5.75 Å². The normalized spacial score (nSPS) is 15.9. The summed E-state index contributed by atoms with van der Waals surface area (Å²) in [6.07, 6.45) is 6.04. The molecule has 0 saturated heterocycles. The van der Waals surface area contributed by atoms with E-state index in [1.807, 2.05) is 30.1 Å². The molecule has 1 saturated carbocycles. The van der Waals surface area contributed by atoms with Crippen LogP contribution in [0.4, 0.5) is 0 Å². The number of likely N-dealkylation sites (N-methyl/N-ethyl adjacent to an activating group) is 1. The van der Waals surface area contributed by atoms with E-state index in [1.54, 1.807) is 0 Å². The fourth-order valence-electron chi connectivity index (χ4n) is 2.72. The van der Waals surface area contributed by atoms with Gasteiger partial charge < -0.3 is 9.64 Å². The lowest BCUT2D eigenvalue weighted by Crippen LogP contribution is -2.40. The number of hydrogen-bond donors (Lipinski definition) is 0. The number of ether oxygens (including phenoxy) is 1. The Morgan fingerprint density at radius 3 is 2.55 bits per heavy atom. The molecule has 0 unspecified atom stereocenters. The van der Waals surface area contributed by atoms with Crippen LogP contribution in [0, 0.1) is 13.8 Å². The van der Waals surface area contributed by atoms with Crippen molar-refractivity contribution in [3.05, 3.63) is 29.3 Å². The van der Waals surface area contributed by atoms with E-state index in [-0.39, 0.29) is 12.5 Å². The van der Waals surface area contributed by atoms with Crippen molar-refractivity contribution in [1.82, 2.24) is 4.90 Å². The molecule has 1 aromatic carbocycles. The molecule has 0 N–H and O–H groups in total. The molecule has 0 aliphatic heterocycles. The molecule has 3 heteroatoms. The number of benzene rings is 1. The number of rotatable bonds is 4. The van der Waals surface area contributed by atoms with Crippen molar-refractivity contribution in [1.29, 1.82) is 0 Å². The SMILES string of the molecule is Cc1ccc(OCC(=O)N(C)C2CCCCC2)cc1C. The van der Waals surface area contributed by atoms with Crippen molar-refractivity contribution in [2.24, 2.45) is 0 Å². The molecule has 0 heterocycles. The lowest BCUT2D eigenvalue weighted by Gasteiger charge is -2.31. The third-order valence-electron chi connectivity index (χ3n) is 4.36. The van der Waals surface area contributed by atoms with Crippen LogP contribution >= 0.6 is 0 Å². The summed E-state index contributed by atoms with van der Waals surface area (Å²) >= 11 is 0. The molecule has 110 valence electrons. The monoisotopic (exact) mass is 275 g/mol. The highest BCUT2D eigenvalue weighted by atomic mass is 16.5. The molecule has 1 fully saturated rings. The van der Waals surface area contributed by atoms with Crippen LogP contribution in [0.15, 0.2) is 18.2 Å². The Balaban J connectivity index is 1.86. The molecular formula is C17H25NO2. The molecule has 0 spiro atoms. The Hall–Kier alpha value is -1.51. The highest BCUT2D eigenvalue weighted by Gasteiger charge is 2.22. The fourth-order valence-corrected chi connectivity index (χ4v) is 2.72. The van der Waals surface area contributed by atoms with Gasteiger partial charge in [-0.3, -0.25) is 4.79 Å². The average molecular weight is 275 g/mol. The van der Waals surface area contributed by atoms with Gasteiger partial charge in [-0.2, -0.15) is 0 Å². The van der Waals surface area contributed by atoms with Crippen LogP contribution in [-0.2, 0) is 4.79 Å². The zero-order valence-electron chi connectivity index (χ0n) is 12.8. The third-order valence-corrected chi connectivity index (χ3v) is 4.36. The van der Waals surface area contributed by atoms with Gasteiger partial charge >= 0.3 is 0 Å². The van der Waals surface area contributed by atoms with Gasteiger partial charge in [-0.25, -0.2) is 0 Å². The van der Waals surface area contributed by atoms with Crippen LogP contribution in [0.5, 0.6) is 5.75 Å². The zero-order chi connectivity index (χ0) is 14.5. The quantitative estimate of drug-likeness (QED) is 0.842. The molecule has 1 aromatic rings. The van der Waals surface area contributed by atoms with Crippen LogP contribution in [-0.4, -0.2) is 30.5 Å². The van der Waals surface area contributed by atoms with Gasteiger partial charge in [-0.05, 0) is 49.9 Å². The summed E-state index contributed by atoms with van der Waals surface area (Å²) in [4.78, 5) is 14.0. The van der Waals surface area contributed by atoms with Gasteiger partial charge in [0.1, 0.15) is 5.75 Å². The Morgan fingerprint density at radius 1 is 1.20 bits per heavy atom. The van der Waals surface area contributed by atoms with E-state index in [2.05, 4.69) is 13.8 Å². The first-order chi connectivity index (χ1) is 9.58. The zero-order valence-corrected chi connectivity index (χ0v) is 12.8. The van der Waals surface area contributed by atoms with Crippen LogP contribution in [0.1, 0.15) is 43.2 Å². The number of carbonyl (C=O) groups is 1. The number of hydrogen-bond acceptors (Lipinski definition) is 2. The largest absolute Gasteiger partial charge is 0.484 e. The molecule has 20 heavy (non-hydrogen) atoms. The summed E-state index contributed by atoms with van der Waals surface area (Å²) in [7, 11) is 1.90. The van der Waals surface area contributed by atoms with E-state index in [1.165, 1.54) is 30.4 Å². The molecule has 1 amide bonds. The topological polar surface area (TPSA) is 29.5 Å². The maximum atomic E-state index is 12.2. The molecule has 0 atom stereocenters. The van der Waals surface area contributed by atoms with Gasteiger partial charge in [0.05, 0.1) is 0 Å². The first kappa shape index (κ1) is 14.9. The van der Waals surface area contributed by atoms with Gasteiger partial charge in [-0.15, -0.1) is 0 Å². The Morgan fingerprint density at radius 2 is 1.90 bits per heavy atom. The Bertz CT molecular complexity index is 464. The van der Waals surface area contributed by atoms with Gasteiger partial charge in [0.25, 0.3) is 5.91 Å².